The first-order chi connectivity index (χ1) is 11.8. The topological polar surface area (TPSA) is 58.6 Å². The third-order valence-corrected chi connectivity index (χ3v) is 4.00. The van der Waals surface area contributed by atoms with Crippen LogP contribution in [0.5, 0.6) is 5.75 Å². The highest BCUT2D eigenvalue weighted by atomic mass is 35.5. The molecule has 1 heterocycles. The van der Waals surface area contributed by atoms with Crippen molar-refractivity contribution in [1.82, 2.24) is 0 Å². The second-order valence-electron chi connectivity index (χ2n) is 6.17. The maximum atomic E-state index is 12.9. The number of fused-ring (bicyclic) bond motifs is 1. The van der Waals surface area contributed by atoms with Gasteiger partial charge >= 0.3 is 0 Å². The molecule has 0 spiro atoms. The van der Waals surface area contributed by atoms with E-state index >= 15 is 0 Å². The zero-order chi connectivity index (χ0) is 18.2. The van der Waals surface area contributed by atoms with Crippen LogP contribution < -0.4 is 15.0 Å². The molecule has 1 aliphatic rings. The molecular formula is C18H16ClFN2O3. The first-order valence-corrected chi connectivity index (χ1v) is 8.00. The summed E-state index contributed by atoms with van der Waals surface area (Å²) in [4.78, 5) is 26.4. The highest BCUT2D eigenvalue weighted by Gasteiger charge is 2.41. The van der Waals surface area contributed by atoms with Crippen LogP contribution in [0.1, 0.15) is 13.8 Å². The minimum Gasteiger partial charge on any atom is -0.476 e. The van der Waals surface area contributed by atoms with E-state index in [0.717, 1.165) is 0 Å². The van der Waals surface area contributed by atoms with Gasteiger partial charge in [0.05, 0.1) is 5.69 Å². The zero-order valence-electron chi connectivity index (χ0n) is 13.7. The molecule has 0 aliphatic carbocycles. The van der Waals surface area contributed by atoms with Crippen molar-refractivity contribution in [2.75, 3.05) is 16.8 Å². The van der Waals surface area contributed by atoms with Crippen molar-refractivity contribution in [1.29, 1.82) is 0 Å². The highest BCUT2D eigenvalue weighted by Crippen LogP contribution is 2.39. The summed E-state index contributed by atoms with van der Waals surface area (Å²) in [5.41, 5.74) is -0.222. The number of ether oxygens (including phenoxy) is 1. The third kappa shape index (κ3) is 3.58. The molecule has 5 nitrogen and oxygen atoms in total. The lowest BCUT2D eigenvalue weighted by molar-refractivity contribution is -0.133. The average Bonchev–Trinajstić information content (AvgIpc) is 2.55. The smallest absolute Gasteiger partial charge is 0.271 e. The number of nitrogens with zero attached hydrogens (tertiary/aromatic N) is 1. The highest BCUT2D eigenvalue weighted by molar-refractivity contribution is 6.31. The second kappa shape index (κ2) is 6.37. The van der Waals surface area contributed by atoms with Crippen LogP contribution in [0.4, 0.5) is 15.8 Å². The molecule has 2 aromatic carbocycles. The Morgan fingerprint density at radius 2 is 1.92 bits per heavy atom. The molecule has 0 radical (unpaired) electrons. The fourth-order valence-corrected chi connectivity index (χ4v) is 2.74. The van der Waals surface area contributed by atoms with Crippen LogP contribution in [0.25, 0.3) is 0 Å². The van der Waals surface area contributed by atoms with E-state index in [1.807, 2.05) is 0 Å². The standard InChI is InChI=1S/C18H16ClFN2O3/c1-18(2)17(24)22(14-9-11(19)3-8-15(14)25-18)10-16(23)21-13-6-4-12(20)5-7-13/h3-9H,10H2,1-2H3,(H,21,23). The average molecular weight is 363 g/mol. The molecule has 130 valence electrons. The van der Waals surface area contributed by atoms with E-state index in [4.69, 9.17) is 16.3 Å². The van der Waals surface area contributed by atoms with Crippen molar-refractivity contribution < 1.29 is 18.7 Å². The number of anilines is 2. The monoisotopic (exact) mass is 362 g/mol. The minimum atomic E-state index is -1.10. The number of halogens is 2. The Kier molecular flexibility index (Phi) is 4.39. The molecule has 3 rings (SSSR count). The summed E-state index contributed by atoms with van der Waals surface area (Å²) >= 11 is 6.01. The van der Waals surface area contributed by atoms with E-state index in [0.29, 0.717) is 22.1 Å². The Balaban J connectivity index is 1.85. The minimum absolute atomic E-state index is 0.212. The Morgan fingerprint density at radius 1 is 1.24 bits per heavy atom. The van der Waals surface area contributed by atoms with Gasteiger partial charge in [-0.15, -0.1) is 0 Å². The van der Waals surface area contributed by atoms with Crippen molar-refractivity contribution in [2.24, 2.45) is 0 Å². The van der Waals surface area contributed by atoms with Crippen molar-refractivity contribution in [3.63, 3.8) is 0 Å². The van der Waals surface area contributed by atoms with Gasteiger partial charge in [-0.2, -0.15) is 0 Å². The van der Waals surface area contributed by atoms with Crippen LogP contribution in [0.2, 0.25) is 5.02 Å². The summed E-state index contributed by atoms with van der Waals surface area (Å²) in [6, 6.07) is 10.3. The largest absolute Gasteiger partial charge is 0.476 e. The molecule has 2 amide bonds. The quantitative estimate of drug-likeness (QED) is 0.907. The first kappa shape index (κ1) is 17.2. The molecule has 25 heavy (non-hydrogen) atoms. The lowest BCUT2D eigenvalue weighted by Gasteiger charge is -2.38. The Bertz CT molecular complexity index is 837. The molecule has 2 aromatic rings. The number of carbonyl (C=O) groups excluding carboxylic acids is 2. The number of nitrogens with one attached hydrogen (secondary N) is 1. The van der Waals surface area contributed by atoms with E-state index in [1.165, 1.54) is 29.2 Å². The van der Waals surface area contributed by atoms with Crippen molar-refractivity contribution >= 4 is 34.8 Å². The fraction of sp³-hybridized carbons (Fsp3) is 0.222. The molecule has 0 fully saturated rings. The molecule has 0 saturated heterocycles. The Hall–Kier alpha value is -2.60. The fourth-order valence-electron chi connectivity index (χ4n) is 2.58. The molecule has 0 unspecified atom stereocenters. The van der Waals surface area contributed by atoms with Gasteiger partial charge in [0.15, 0.2) is 5.60 Å². The Labute approximate surface area is 149 Å². The molecule has 0 aromatic heterocycles. The van der Waals surface area contributed by atoms with Gasteiger partial charge in [-0.25, -0.2) is 4.39 Å². The normalized spacial score (nSPS) is 15.4. The van der Waals surface area contributed by atoms with Gasteiger partial charge < -0.3 is 10.1 Å². The number of benzene rings is 2. The number of carbonyl (C=O) groups is 2. The van der Waals surface area contributed by atoms with E-state index in [1.54, 1.807) is 32.0 Å². The lowest BCUT2D eigenvalue weighted by Crippen LogP contribution is -2.54. The lowest BCUT2D eigenvalue weighted by atomic mass is 10.0. The van der Waals surface area contributed by atoms with Gasteiger partial charge in [-0.3, -0.25) is 14.5 Å². The van der Waals surface area contributed by atoms with Crippen molar-refractivity contribution in [2.45, 2.75) is 19.4 Å². The summed E-state index contributed by atoms with van der Waals surface area (Å²) < 4.78 is 18.7. The van der Waals surface area contributed by atoms with Crippen LogP contribution in [-0.2, 0) is 9.59 Å². The van der Waals surface area contributed by atoms with E-state index in [-0.39, 0.29) is 12.5 Å². The maximum Gasteiger partial charge on any atom is 0.271 e. The first-order valence-electron chi connectivity index (χ1n) is 7.62. The number of hydrogen-bond donors (Lipinski definition) is 1. The number of amides is 2. The summed E-state index contributed by atoms with van der Waals surface area (Å²) in [6.07, 6.45) is 0. The molecule has 0 saturated carbocycles. The van der Waals surface area contributed by atoms with Gasteiger partial charge in [0.1, 0.15) is 18.1 Å². The molecule has 1 aliphatic heterocycles. The summed E-state index contributed by atoms with van der Waals surface area (Å²) in [6.45, 7) is 3.06. The maximum absolute atomic E-state index is 12.9. The summed E-state index contributed by atoms with van der Waals surface area (Å²) in [5, 5.41) is 3.07. The summed E-state index contributed by atoms with van der Waals surface area (Å²) in [7, 11) is 0. The van der Waals surface area contributed by atoms with Crippen molar-refractivity contribution in [3.8, 4) is 5.75 Å². The summed E-state index contributed by atoms with van der Waals surface area (Å²) in [5.74, 6) is -0.685. The van der Waals surface area contributed by atoms with Crippen molar-refractivity contribution in [3.05, 3.63) is 53.3 Å². The van der Waals surface area contributed by atoms with Crippen LogP contribution in [-0.4, -0.2) is 24.0 Å². The second-order valence-corrected chi connectivity index (χ2v) is 6.61. The third-order valence-electron chi connectivity index (χ3n) is 3.77. The number of hydrogen-bond acceptors (Lipinski definition) is 3. The predicted octanol–water partition coefficient (Wildman–Crippen LogP) is 3.62. The van der Waals surface area contributed by atoms with Gasteiger partial charge in [0.25, 0.3) is 5.91 Å². The van der Waals surface area contributed by atoms with E-state index < -0.39 is 17.3 Å². The SMILES string of the molecule is CC1(C)Oc2ccc(Cl)cc2N(CC(=O)Nc2ccc(F)cc2)C1=O. The van der Waals surface area contributed by atoms with Gasteiger partial charge in [0, 0.05) is 10.7 Å². The molecule has 7 heteroatoms. The van der Waals surface area contributed by atoms with Gasteiger partial charge in [-0.05, 0) is 56.3 Å². The molecule has 1 N–H and O–H groups in total. The molecule has 0 bridgehead atoms. The van der Waals surface area contributed by atoms with Gasteiger partial charge in [0.2, 0.25) is 5.91 Å². The van der Waals surface area contributed by atoms with E-state index in [9.17, 15) is 14.0 Å². The van der Waals surface area contributed by atoms with Crippen LogP contribution in [0, 0.1) is 5.82 Å². The Morgan fingerprint density at radius 3 is 2.60 bits per heavy atom. The molecular weight excluding hydrogens is 347 g/mol. The van der Waals surface area contributed by atoms with Crippen LogP contribution >= 0.6 is 11.6 Å². The predicted molar refractivity (Wildman–Crippen MR) is 93.5 cm³/mol. The zero-order valence-corrected chi connectivity index (χ0v) is 14.4. The number of rotatable bonds is 3. The van der Waals surface area contributed by atoms with Crippen LogP contribution in [0.15, 0.2) is 42.5 Å². The van der Waals surface area contributed by atoms with Gasteiger partial charge in [-0.1, -0.05) is 11.6 Å². The molecule has 0 atom stereocenters. The van der Waals surface area contributed by atoms with E-state index in [2.05, 4.69) is 5.32 Å². The van der Waals surface area contributed by atoms with Crippen LogP contribution in [0.3, 0.4) is 0 Å².